The first-order valence-corrected chi connectivity index (χ1v) is 8.82. The van der Waals surface area contributed by atoms with E-state index in [2.05, 4.69) is 15.5 Å². The molecule has 2 saturated carbocycles. The molecule has 2 rings (SSSR count). The summed E-state index contributed by atoms with van der Waals surface area (Å²) >= 11 is 4.00. The van der Waals surface area contributed by atoms with Crippen molar-refractivity contribution in [1.82, 2.24) is 0 Å². The lowest BCUT2D eigenvalue weighted by molar-refractivity contribution is 0.842. The van der Waals surface area contributed by atoms with E-state index in [4.69, 9.17) is 0 Å². The number of hydrogen-bond donors (Lipinski definition) is 0. The minimum atomic E-state index is 0.230. The quantitative estimate of drug-likeness (QED) is 0.624. The summed E-state index contributed by atoms with van der Waals surface area (Å²) in [6.07, 6.45) is 12.1. The normalized spacial score (nSPS) is 27.5. The molecule has 0 unspecified atom stereocenters. The Morgan fingerprint density at radius 2 is 1.08 bits per heavy atom. The molecule has 0 N–H and O–H groups in total. The van der Waals surface area contributed by atoms with Gasteiger partial charge in [-0.05, 0) is 43.6 Å². The average molecular weight is 249 g/mol. The lowest BCUT2D eigenvalue weighted by Gasteiger charge is -2.23. The van der Waals surface area contributed by atoms with E-state index in [1.54, 1.807) is 0 Å². The highest BCUT2D eigenvalue weighted by Gasteiger charge is 2.30. The standard InChI is InChI=1S/C10H18BrP/c11-12(9-5-1-2-6-9)10-7-3-4-8-10/h9-10H,1-8H2. The van der Waals surface area contributed by atoms with Gasteiger partial charge in [0.2, 0.25) is 0 Å². The van der Waals surface area contributed by atoms with Crippen molar-refractivity contribution in [3.63, 3.8) is 0 Å². The highest BCUT2D eigenvalue weighted by molar-refractivity contribution is 9.39. The van der Waals surface area contributed by atoms with Crippen molar-refractivity contribution in [2.24, 2.45) is 0 Å². The molecule has 0 atom stereocenters. The third kappa shape index (κ3) is 2.04. The molecule has 0 bridgehead atoms. The summed E-state index contributed by atoms with van der Waals surface area (Å²) in [4.78, 5) is 0. The maximum Gasteiger partial charge on any atom is -0.0108 e. The van der Waals surface area contributed by atoms with Gasteiger partial charge in [-0.3, -0.25) is 0 Å². The molecular formula is C10H18BrP. The Bertz CT molecular complexity index is 121. The summed E-state index contributed by atoms with van der Waals surface area (Å²) in [6.45, 7) is 0.230. The van der Waals surface area contributed by atoms with Crippen molar-refractivity contribution < 1.29 is 0 Å². The van der Waals surface area contributed by atoms with Crippen LogP contribution in [0, 0.1) is 0 Å². The van der Waals surface area contributed by atoms with Gasteiger partial charge in [0, 0.05) is 0 Å². The van der Waals surface area contributed by atoms with Crippen LogP contribution in [0.25, 0.3) is 0 Å². The van der Waals surface area contributed by atoms with Gasteiger partial charge in [-0.2, -0.15) is 0 Å². The average Bonchev–Trinajstić information content (AvgIpc) is 2.77. The minimum absolute atomic E-state index is 0.230. The van der Waals surface area contributed by atoms with Crippen LogP contribution in [0.1, 0.15) is 51.4 Å². The maximum absolute atomic E-state index is 4.00. The van der Waals surface area contributed by atoms with Crippen molar-refractivity contribution >= 4 is 22.1 Å². The molecular weight excluding hydrogens is 231 g/mol. The zero-order valence-corrected chi connectivity index (χ0v) is 10.1. The van der Waals surface area contributed by atoms with Crippen LogP contribution in [-0.2, 0) is 0 Å². The largest absolute Gasteiger partial charge is 0.0599 e. The van der Waals surface area contributed by atoms with Crippen LogP contribution in [-0.4, -0.2) is 11.3 Å². The molecule has 0 heterocycles. The second kappa shape index (κ2) is 4.42. The Kier molecular flexibility index (Phi) is 3.49. The van der Waals surface area contributed by atoms with Gasteiger partial charge in [0.15, 0.2) is 0 Å². The molecule has 2 fully saturated rings. The van der Waals surface area contributed by atoms with Crippen LogP contribution in [0.2, 0.25) is 0 Å². The predicted molar refractivity (Wildman–Crippen MR) is 60.4 cm³/mol. The summed E-state index contributed by atoms with van der Waals surface area (Å²) in [5, 5.41) is 0. The molecule has 0 spiro atoms. The van der Waals surface area contributed by atoms with Gasteiger partial charge >= 0.3 is 0 Å². The summed E-state index contributed by atoms with van der Waals surface area (Å²) in [5.74, 6) is 0. The molecule has 0 aromatic carbocycles. The molecule has 0 aromatic rings. The molecule has 0 saturated heterocycles. The fraction of sp³-hybridized carbons (Fsp3) is 1.00. The molecule has 2 heteroatoms. The van der Waals surface area contributed by atoms with E-state index >= 15 is 0 Å². The molecule has 0 amide bonds. The van der Waals surface area contributed by atoms with Crippen molar-refractivity contribution in [1.29, 1.82) is 0 Å². The van der Waals surface area contributed by atoms with Crippen molar-refractivity contribution in [2.75, 3.05) is 0 Å². The fourth-order valence-corrected chi connectivity index (χ4v) is 7.37. The Hall–Kier alpha value is 0.910. The van der Waals surface area contributed by atoms with Crippen molar-refractivity contribution in [3.8, 4) is 0 Å². The Labute approximate surface area is 85.0 Å². The van der Waals surface area contributed by atoms with Crippen LogP contribution in [0.3, 0.4) is 0 Å². The number of rotatable bonds is 2. The van der Waals surface area contributed by atoms with Gasteiger partial charge in [0.1, 0.15) is 0 Å². The molecule has 0 radical (unpaired) electrons. The Morgan fingerprint density at radius 3 is 1.42 bits per heavy atom. The Balaban J connectivity index is 1.84. The molecule has 2 aliphatic carbocycles. The fourth-order valence-electron chi connectivity index (χ4n) is 2.60. The maximum atomic E-state index is 4.00. The highest BCUT2D eigenvalue weighted by atomic mass is 79.9. The summed E-state index contributed by atoms with van der Waals surface area (Å²) in [7, 11) is 0. The van der Waals surface area contributed by atoms with Gasteiger partial charge in [0.05, 0.1) is 0 Å². The highest BCUT2D eigenvalue weighted by Crippen LogP contribution is 2.62. The molecule has 0 nitrogen and oxygen atoms in total. The van der Waals surface area contributed by atoms with Crippen LogP contribution in [0.4, 0.5) is 0 Å². The minimum Gasteiger partial charge on any atom is -0.0599 e. The zero-order chi connectivity index (χ0) is 8.39. The monoisotopic (exact) mass is 248 g/mol. The predicted octanol–water partition coefficient (Wildman–Crippen LogP) is 4.66. The second-order valence-electron chi connectivity index (χ2n) is 4.22. The molecule has 0 aliphatic heterocycles. The molecule has 2 aliphatic rings. The van der Waals surface area contributed by atoms with Crippen LogP contribution < -0.4 is 0 Å². The van der Waals surface area contributed by atoms with E-state index in [-0.39, 0.29) is 6.62 Å². The van der Waals surface area contributed by atoms with E-state index < -0.39 is 0 Å². The smallest absolute Gasteiger partial charge is 0.0108 e. The van der Waals surface area contributed by atoms with Crippen LogP contribution in [0.15, 0.2) is 0 Å². The van der Waals surface area contributed by atoms with Crippen molar-refractivity contribution in [3.05, 3.63) is 0 Å². The first-order valence-electron chi connectivity index (χ1n) is 5.32. The second-order valence-corrected chi connectivity index (χ2v) is 8.83. The van der Waals surface area contributed by atoms with E-state index in [0.717, 1.165) is 11.3 Å². The Morgan fingerprint density at radius 1 is 0.750 bits per heavy atom. The zero-order valence-electron chi connectivity index (χ0n) is 7.64. The molecule has 70 valence electrons. The number of halogens is 1. The summed E-state index contributed by atoms with van der Waals surface area (Å²) in [5.41, 5.74) is 2.17. The summed E-state index contributed by atoms with van der Waals surface area (Å²) < 4.78 is 0. The van der Waals surface area contributed by atoms with Gasteiger partial charge in [-0.25, -0.2) is 0 Å². The van der Waals surface area contributed by atoms with E-state index in [0.29, 0.717) is 0 Å². The lowest BCUT2D eigenvalue weighted by Crippen LogP contribution is -2.05. The third-order valence-electron chi connectivity index (χ3n) is 3.35. The van der Waals surface area contributed by atoms with Gasteiger partial charge < -0.3 is 0 Å². The molecule has 12 heavy (non-hydrogen) atoms. The third-order valence-corrected chi connectivity index (χ3v) is 9.25. The van der Waals surface area contributed by atoms with Crippen molar-refractivity contribution in [2.45, 2.75) is 62.7 Å². The van der Waals surface area contributed by atoms with E-state index in [1.807, 2.05) is 0 Å². The van der Waals surface area contributed by atoms with Crippen LogP contribution >= 0.6 is 22.1 Å². The van der Waals surface area contributed by atoms with E-state index in [9.17, 15) is 0 Å². The van der Waals surface area contributed by atoms with Gasteiger partial charge in [-0.1, -0.05) is 41.2 Å². The van der Waals surface area contributed by atoms with Gasteiger partial charge in [-0.15, -0.1) is 0 Å². The first kappa shape index (κ1) is 9.46. The molecule has 0 aromatic heterocycles. The van der Waals surface area contributed by atoms with E-state index in [1.165, 1.54) is 51.4 Å². The van der Waals surface area contributed by atoms with Gasteiger partial charge in [0.25, 0.3) is 0 Å². The first-order chi connectivity index (χ1) is 5.88. The lowest BCUT2D eigenvalue weighted by atomic mass is 10.4. The van der Waals surface area contributed by atoms with Crippen LogP contribution in [0.5, 0.6) is 0 Å². The summed E-state index contributed by atoms with van der Waals surface area (Å²) in [6, 6.07) is 0. The number of hydrogen-bond acceptors (Lipinski definition) is 0. The SMILES string of the molecule is BrP(C1CCCC1)C1CCCC1. The topological polar surface area (TPSA) is 0 Å².